The molecule has 0 aliphatic carbocycles. The highest BCUT2D eigenvalue weighted by Gasteiger charge is 2.27. The van der Waals surface area contributed by atoms with Gasteiger partial charge in [0.2, 0.25) is 0 Å². The Morgan fingerprint density at radius 2 is 2.00 bits per heavy atom. The third-order valence-electron chi connectivity index (χ3n) is 4.13. The van der Waals surface area contributed by atoms with E-state index in [0.717, 1.165) is 13.0 Å². The number of hydrogen-bond acceptors (Lipinski definition) is 4. The maximum Gasteiger partial charge on any atom is 0.105 e. The fourth-order valence-corrected chi connectivity index (χ4v) is 2.82. The second-order valence-electron chi connectivity index (χ2n) is 6.51. The lowest BCUT2D eigenvalue weighted by Gasteiger charge is -2.36. The Balaban J connectivity index is 2.40. The molecule has 1 unspecified atom stereocenters. The molecule has 0 aromatic carbocycles. The van der Waals surface area contributed by atoms with Gasteiger partial charge in [-0.05, 0) is 67.2 Å². The quantitative estimate of drug-likeness (QED) is 0.794. The summed E-state index contributed by atoms with van der Waals surface area (Å²) in [6.07, 6.45) is 3.37. The fourth-order valence-electron chi connectivity index (χ4n) is 2.82. The van der Waals surface area contributed by atoms with Crippen LogP contribution in [0.15, 0.2) is 0 Å². The lowest BCUT2D eigenvalue weighted by molar-refractivity contribution is 0.136. The van der Waals surface area contributed by atoms with Crippen molar-refractivity contribution in [2.24, 2.45) is 0 Å². The van der Waals surface area contributed by atoms with Crippen molar-refractivity contribution in [2.75, 3.05) is 33.7 Å². The Morgan fingerprint density at radius 1 is 1.42 bits per heavy atom. The van der Waals surface area contributed by atoms with Crippen molar-refractivity contribution in [3.05, 3.63) is 0 Å². The number of likely N-dealkylation sites (tertiary alicyclic amines) is 1. The predicted octanol–water partition coefficient (Wildman–Crippen LogP) is 1.68. The van der Waals surface area contributed by atoms with Gasteiger partial charge in [-0.3, -0.25) is 5.32 Å². The van der Waals surface area contributed by atoms with Gasteiger partial charge in [0, 0.05) is 18.6 Å². The minimum Gasteiger partial charge on any atom is -0.306 e. The Hall–Kier alpha value is -0.630. The second-order valence-corrected chi connectivity index (χ2v) is 6.51. The summed E-state index contributed by atoms with van der Waals surface area (Å²) in [5, 5.41) is 12.7. The first-order valence-corrected chi connectivity index (χ1v) is 7.44. The van der Waals surface area contributed by atoms with Crippen LogP contribution in [0.2, 0.25) is 0 Å². The van der Waals surface area contributed by atoms with Gasteiger partial charge in [0.15, 0.2) is 0 Å². The van der Waals surface area contributed by atoms with Gasteiger partial charge in [0.1, 0.15) is 5.54 Å². The van der Waals surface area contributed by atoms with Gasteiger partial charge in [-0.25, -0.2) is 0 Å². The van der Waals surface area contributed by atoms with Gasteiger partial charge in [-0.2, -0.15) is 5.26 Å². The molecular weight excluding hydrogens is 236 g/mol. The Bertz CT molecular complexity index is 302. The third kappa shape index (κ3) is 5.48. The van der Waals surface area contributed by atoms with Crippen molar-refractivity contribution < 1.29 is 0 Å². The molecular formula is C15H30N4. The third-order valence-corrected chi connectivity index (χ3v) is 4.13. The molecule has 19 heavy (non-hydrogen) atoms. The summed E-state index contributed by atoms with van der Waals surface area (Å²) in [6.45, 7) is 9.56. The minimum atomic E-state index is -0.409. The molecule has 1 N–H and O–H groups in total. The molecule has 0 aromatic rings. The molecule has 1 atom stereocenters. The first-order chi connectivity index (χ1) is 8.86. The van der Waals surface area contributed by atoms with Crippen molar-refractivity contribution >= 4 is 0 Å². The molecule has 0 aromatic heterocycles. The summed E-state index contributed by atoms with van der Waals surface area (Å²) < 4.78 is 0. The molecule has 1 aliphatic rings. The van der Waals surface area contributed by atoms with Crippen molar-refractivity contribution in [3.8, 4) is 6.07 Å². The molecule has 1 fully saturated rings. The van der Waals surface area contributed by atoms with E-state index < -0.39 is 5.54 Å². The lowest BCUT2D eigenvalue weighted by atomic mass is 9.97. The lowest BCUT2D eigenvalue weighted by Crippen LogP contribution is -2.48. The van der Waals surface area contributed by atoms with Gasteiger partial charge in [0.05, 0.1) is 6.07 Å². The topological polar surface area (TPSA) is 42.3 Å². The molecule has 0 radical (unpaired) electrons. The molecule has 0 spiro atoms. The van der Waals surface area contributed by atoms with Crippen LogP contribution in [-0.2, 0) is 0 Å². The smallest absolute Gasteiger partial charge is 0.105 e. The van der Waals surface area contributed by atoms with E-state index in [0.29, 0.717) is 12.1 Å². The first kappa shape index (κ1) is 16.4. The zero-order valence-electron chi connectivity index (χ0n) is 13.2. The maximum absolute atomic E-state index is 9.35. The Kier molecular flexibility index (Phi) is 6.25. The number of nitrogens with zero attached hydrogens (tertiary/aromatic N) is 3. The largest absolute Gasteiger partial charge is 0.306 e. The molecule has 0 saturated carbocycles. The van der Waals surface area contributed by atoms with Crippen LogP contribution >= 0.6 is 0 Å². The van der Waals surface area contributed by atoms with Crippen LogP contribution in [0.5, 0.6) is 0 Å². The highest BCUT2D eigenvalue weighted by atomic mass is 15.2. The number of nitrogens with one attached hydrogen (secondary N) is 1. The maximum atomic E-state index is 9.35. The van der Waals surface area contributed by atoms with E-state index in [4.69, 9.17) is 0 Å². The number of piperidine rings is 1. The van der Waals surface area contributed by atoms with E-state index >= 15 is 0 Å². The highest BCUT2D eigenvalue weighted by Crippen LogP contribution is 2.17. The molecule has 110 valence electrons. The minimum absolute atomic E-state index is 0.346. The molecule has 1 heterocycles. The zero-order chi connectivity index (χ0) is 14.5. The van der Waals surface area contributed by atoms with E-state index in [-0.39, 0.29) is 0 Å². The van der Waals surface area contributed by atoms with E-state index in [1.807, 2.05) is 6.92 Å². The van der Waals surface area contributed by atoms with E-state index in [2.05, 4.69) is 49.1 Å². The summed E-state index contributed by atoms with van der Waals surface area (Å²) >= 11 is 0. The average molecular weight is 266 g/mol. The number of rotatable bonds is 6. The van der Waals surface area contributed by atoms with E-state index in [1.165, 1.54) is 25.9 Å². The van der Waals surface area contributed by atoms with Gasteiger partial charge >= 0.3 is 0 Å². The summed E-state index contributed by atoms with van der Waals surface area (Å²) in [4.78, 5) is 4.83. The second kappa shape index (κ2) is 7.23. The van der Waals surface area contributed by atoms with Gasteiger partial charge in [-0.1, -0.05) is 0 Å². The molecule has 1 aliphatic heterocycles. The van der Waals surface area contributed by atoms with Crippen LogP contribution in [0.25, 0.3) is 0 Å². The van der Waals surface area contributed by atoms with Crippen molar-refractivity contribution in [3.63, 3.8) is 0 Å². The van der Waals surface area contributed by atoms with Crippen LogP contribution in [0, 0.1) is 11.3 Å². The van der Waals surface area contributed by atoms with Crippen LogP contribution in [-0.4, -0.2) is 61.2 Å². The van der Waals surface area contributed by atoms with E-state index in [9.17, 15) is 5.26 Å². The van der Waals surface area contributed by atoms with Crippen molar-refractivity contribution in [1.82, 2.24) is 15.1 Å². The van der Waals surface area contributed by atoms with E-state index in [1.54, 1.807) is 0 Å². The molecule has 0 bridgehead atoms. The molecule has 4 nitrogen and oxygen atoms in total. The van der Waals surface area contributed by atoms with Gasteiger partial charge in [-0.15, -0.1) is 0 Å². The molecule has 0 amide bonds. The van der Waals surface area contributed by atoms with Crippen LogP contribution in [0.1, 0.15) is 40.0 Å². The fraction of sp³-hybridized carbons (Fsp3) is 0.933. The molecule has 1 rings (SSSR count). The zero-order valence-corrected chi connectivity index (χ0v) is 13.2. The van der Waals surface area contributed by atoms with Crippen LogP contribution < -0.4 is 5.32 Å². The predicted molar refractivity (Wildman–Crippen MR) is 80.1 cm³/mol. The number of hydrogen-bond donors (Lipinski definition) is 1. The van der Waals surface area contributed by atoms with Crippen LogP contribution in [0.3, 0.4) is 0 Å². The van der Waals surface area contributed by atoms with Crippen molar-refractivity contribution in [2.45, 2.75) is 57.7 Å². The molecule has 1 saturated heterocycles. The summed E-state index contributed by atoms with van der Waals surface area (Å²) in [6, 6.07) is 3.45. The summed E-state index contributed by atoms with van der Waals surface area (Å²) in [5.74, 6) is 0. The number of nitriles is 1. The van der Waals surface area contributed by atoms with Crippen LogP contribution in [0.4, 0.5) is 0 Å². The van der Waals surface area contributed by atoms with Gasteiger partial charge in [0.25, 0.3) is 0 Å². The SMILES string of the molecule is CC(C)NC(C)(C#N)CCN(C)C1CCN(C)CC1. The average Bonchev–Trinajstić information content (AvgIpc) is 2.36. The first-order valence-electron chi connectivity index (χ1n) is 7.44. The normalized spacial score (nSPS) is 21.6. The Morgan fingerprint density at radius 3 is 2.47 bits per heavy atom. The molecule has 4 heteroatoms. The Labute approximate surface area is 118 Å². The standard InChI is InChI=1S/C15H30N4/c1-13(2)17-15(3,12-16)8-11-19(5)14-6-9-18(4)10-7-14/h13-14,17H,6-11H2,1-5H3. The highest BCUT2D eigenvalue weighted by molar-refractivity contribution is 5.04. The van der Waals surface area contributed by atoms with Crippen molar-refractivity contribution in [1.29, 1.82) is 5.26 Å². The monoisotopic (exact) mass is 266 g/mol. The van der Waals surface area contributed by atoms with Gasteiger partial charge < -0.3 is 9.80 Å². The summed E-state index contributed by atoms with van der Waals surface area (Å²) in [7, 11) is 4.39. The summed E-state index contributed by atoms with van der Waals surface area (Å²) in [5.41, 5.74) is -0.409.